The molecule has 0 saturated heterocycles. The van der Waals surface area contributed by atoms with Crippen LogP contribution in [0.1, 0.15) is 57.9 Å². The number of aryl methyl sites for hydroxylation is 1. The lowest BCUT2D eigenvalue weighted by Crippen LogP contribution is -2.43. The molecule has 0 fully saturated rings. The molecule has 3 heterocycles. The largest absolute Gasteiger partial charge is 0.484 e. The van der Waals surface area contributed by atoms with Crippen molar-refractivity contribution >= 4 is 11.8 Å². The number of carbonyl (C=O) groups is 2. The monoisotopic (exact) mass is 556 g/mol. The van der Waals surface area contributed by atoms with Crippen LogP contribution >= 0.6 is 0 Å². The first-order valence-electron chi connectivity index (χ1n) is 12.4. The van der Waals surface area contributed by atoms with Crippen LogP contribution in [-0.4, -0.2) is 62.7 Å². The summed E-state index contributed by atoms with van der Waals surface area (Å²) in [5, 5.41) is 29.2. The van der Waals surface area contributed by atoms with E-state index >= 15 is 0 Å². The Morgan fingerprint density at radius 3 is 2.73 bits per heavy atom. The lowest BCUT2D eigenvalue weighted by Gasteiger charge is -2.23. The molecular weight excluding hydrogens is 529 g/mol. The van der Waals surface area contributed by atoms with Gasteiger partial charge in [-0.2, -0.15) is 23.5 Å². The SMILES string of the molecule is CC(C)(O)CNC(=O)c1c2c(nn1-c1ccc(C#N)cn1)CC(CCc1cccc(OCC(F)(F)F)c1)NC2=O. The molecule has 1 aliphatic heterocycles. The molecule has 3 N–H and O–H groups in total. The van der Waals surface area contributed by atoms with Crippen molar-refractivity contribution in [3.63, 3.8) is 0 Å². The third kappa shape index (κ3) is 7.15. The third-order valence-electron chi connectivity index (χ3n) is 6.03. The minimum Gasteiger partial charge on any atom is -0.484 e. The van der Waals surface area contributed by atoms with Crippen molar-refractivity contribution in [2.45, 2.75) is 50.9 Å². The van der Waals surface area contributed by atoms with Crippen LogP contribution in [0.25, 0.3) is 5.82 Å². The van der Waals surface area contributed by atoms with Crippen molar-refractivity contribution in [2.24, 2.45) is 0 Å². The second-order valence-electron chi connectivity index (χ2n) is 10.1. The number of hydrogen-bond acceptors (Lipinski definition) is 7. The van der Waals surface area contributed by atoms with Gasteiger partial charge in [0.25, 0.3) is 11.8 Å². The Morgan fingerprint density at radius 1 is 1.30 bits per heavy atom. The second kappa shape index (κ2) is 11.4. The molecule has 1 aromatic carbocycles. The average molecular weight is 557 g/mol. The van der Waals surface area contributed by atoms with E-state index in [1.54, 1.807) is 12.1 Å². The van der Waals surface area contributed by atoms with Gasteiger partial charge in [-0.1, -0.05) is 12.1 Å². The van der Waals surface area contributed by atoms with Gasteiger partial charge < -0.3 is 20.5 Å². The maximum Gasteiger partial charge on any atom is 0.422 e. The Hall–Kier alpha value is -4.44. The lowest BCUT2D eigenvalue weighted by atomic mass is 9.95. The predicted molar refractivity (Wildman–Crippen MR) is 136 cm³/mol. The highest BCUT2D eigenvalue weighted by molar-refractivity contribution is 6.08. The number of pyridine rings is 1. The van der Waals surface area contributed by atoms with Crippen LogP contribution in [0.4, 0.5) is 13.2 Å². The fourth-order valence-electron chi connectivity index (χ4n) is 4.19. The van der Waals surface area contributed by atoms with E-state index in [9.17, 15) is 27.9 Å². The summed E-state index contributed by atoms with van der Waals surface area (Å²) in [5.41, 5.74) is 0.240. The molecule has 3 aromatic rings. The zero-order chi connectivity index (χ0) is 29.1. The number of amides is 2. The van der Waals surface area contributed by atoms with Gasteiger partial charge in [0.2, 0.25) is 0 Å². The number of aromatic nitrogens is 3. The number of carbonyl (C=O) groups excluding carboxylic acids is 2. The highest BCUT2D eigenvalue weighted by Gasteiger charge is 2.35. The first-order chi connectivity index (χ1) is 18.8. The van der Waals surface area contributed by atoms with Crippen molar-refractivity contribution in [1.29, 1.82) is 5.26 Å². The van der Waals surface area contributed by atoms with E-state index in [0.717, 1.165) is 5.56 Å². The zero-order valence-electron chi connectivity index (χ0n) is 21.7. The standard InChI is InChI=1S/C27H27F3N6O4/c1-26(2,39)14-33-25(38)23-22-20(35-36(23)21-9-7-17(12-31)13-32-21)11-18(34-24(22)37)8-6-16-4-3-5-19(10-16)40-15-27(28,29)30/h3-5,7,9-10,13,18,39H,6,8,11,14-15H2,1-2H3,(H,33,38)(H,34,37). The molecule has 2 aromatic heterocycles. The Bertz CT molecular complexity index is 1440. The van der Waals surface area contributed by atoms with E-state index in [4.69, 9.17) is 10.00 Å². The lowest BCUT2D eigenvalue weighted by molar-refractivity contribution is -0.153. The van der Waals surface area contributed by atoms with Crippen LogP contribution in [0.15, 0.2) is 42.6 Å². The molecule has 1 unspecified atom stereocenters. The van der Waals surface area contributed by atoms with Crippen LogP contribution in [0.2, 0.25) is 0 Å². The molecular formula is C27H27F3N6O4. The van der Waals surface area contributed by atoms with E-state index < -0.39 is 30.2 Å². The van der Waals surface area contributed by atoms with Crippen molar-refractivity contribution in [3.05, 3.63) is 70.7 Å². The highest BCUT2D eigenvalue weighted by Crippen LogP contribution is 2.26. The minimum atomic E-state index is -4.44. The summed E-state index contributed by atoms with van der Waals surface area (Å²) in [6.07, 6.45) is -1.93. The van der Waals surface area contributed by atoms with Gasteiger partial charge in [0.05, 0.1) is 22.4 Å². The third-order valence-corrected chi connectivity index (χ3v) is 6.03. The van der Waals surface area contributed by atoms with Crippen LogP contribution in [0.5, 0.6) is 5.75 Å². The van der Waals surface area contributed by atoms with Gasteiger partial charge in [-0.15, -0.1) is 0 Å². The molecule has 0 spiro atoms. The Balaban J connectivity index is 1.56. The molecule has 0 bridgehead atoms. The molecule has 4 rings (SSSR count). The van der Waals surface area contributed by atoms with Gasteiger partial charge in [-0.05, 0) is 56.5 Å². The van der Waals surface area contributed by atoms with Gasteiger partial charge in [0.1, 0.15) is 17.5 Å². The van der Waals surface area contributed by atoms with Crippen molar-refractivity contribution < 1.29 is 32.6 Å². The first kappa shape index (κ1) is 28.6. The molecule has 1 aliphatic rings. The summed E-state index contributed by atoms with van der Waals surface area (Å²) in [6, 6.07) is 11.0. The Morgan fingerprint density at radius 2 is 2.08 bits per heavy atom. The summed E-state index contributed by atoms with van der Waals surface area (Å²) in [4.78, 5) is 30.6. The number of ether oxygens (including phenoxy) is 1. The number of nitrogens with zero attached hydrogens (tertiary/aromatic N) is 4. The second-order valence-corrected chi connectivity index (χ2v) is 10.1. The van der Waals surface area contributed by atoms with E-state index in [1.807, 2.05) is 6.07 Å². The van der Waals surface area contributed by atoms with E-state index in [-0.39, 0.29) is 35.4 Å². The summed E-state index contributed by atoms with van der Waals surface area (Å²) in [5.74, 6) is -0.824. The smallest absolute Gasteiger partial charge is 0.422 e. The van der Waals surface area contributed by atoms with Gasteiger partial charge in [0.15, 0.2) is 12.4 Å². The van der Waals surface area contributed by atoms with E-state index in [0.29, 0.717) is 30.5 Å². The Kier molecular flexibility index (Phi) is 8.11. The number of aliphatic hydroxyl groups is 1. The number of fused-ring (bicyclic) bond motifs is 1. The molecule has 0 saturated carbocycles. The van der Waals surface area contributed by atoms with Gasteiger partial charge >= 0.3 is 6.18 Å². The number of rotatable bonds is 9. The molecule has 40 heavy (non-hydrogen) atoms. The quantitative estimate of drug-likeness (QED) is 0.368. The van der Waals surface area contributed by atoms with E-state index in [1.165, 1.54) is 49.0 Å². The number of alkyl halides is 3. The van der Waals surface area contributed by atoms with Crippen LogP contribution in [0, 0.1) is 11.3 Å². The van der Waals surface area contributed by atoms with E-state index in [2.05, 4.69) is 20.7 Å². The minimum absolute atomic E-state index is 0.0538. The van der Waals surface area contributed by atoms with Crippen LogP contribution in [-0.2, 0) is 12.8 Å². The maximum atomic E-state index is 13.2. The topological polar surface area (TPSA) is 142 Å². The number of nitrogens with one attached hydrogen (secondary N) is 2. The average Bonchev–Trinajstić information content (AvgIpc) is 3.29. The number of nitriles is 1. The fraction of sp³-hybridized carbons (Fsp3) is 0.370. The van der Waals surface area contributed by atoms with Crippen molar-refractivity contribution in [2.75, 3.05) is 13.2 Å². The van der Waals surface area contributed by atoms with Crippen molar-refractivity contribution in [1.82, 2.24) is 25.4 Å². The molecule has 210 valence electrons. The summed E-state index contributed by atoms with van der Waals surface area (Å²) < 4.78 is 43.5. The van der Waals surface area contributed by atoms with Crippen molar-refractivity contribution in [3.8, 4) is 17.6 Å². The molecule has 13 heteroatoms. The molecule has 0 radical (unpaired) electrons. The highest BCUT2D eigenvalue weighted by atomic mass is 19.4. The zero-order valence-corrected chi connectivity index (χ0v) is 21.7. The number of halogens is 3. The Labute approximate surface area is 227 Å². The molecule has 10 nitrogen and oxygen atoms in total. The molecule has 2 amide bonds. The number of benzene rings is 1. The summed E-state index contributed by atoms with van der Waals surface area (Å²) in [6.45, 7) is 1.58. The van der Waals surface area contributed by atoms with Gasteiger partial charge in [0, 0.05) is 25.2 Å². The van der Waals surface area contributed by atoms with Crippen LogP contribution in [0.3, 0.4) is 0 Å². The number of hydrogen-bond donors (Lipinski definition) is 3. The van der Waals surface area contributed by atoms with Gasteiger partial charge in [-0.3, -0.25) is 9.59 Å². The maximum absolute atomic E-state index is 13.2. The normalized spacial score (nSPS) is 15.1. The van der Waals surface area contributed by atoms with Gasteiger partial charge in [-0.25, -0.2) is 9.67 Å². The molecule has 0 aliphatic carbocycles. The molecule has 1 atom stereocenters. The summed E-state index contributed by atoms with van der Waals surface area (Å²) in [7, 11) is 0. The van der Waals surface area contributed by atoms with Crippen LogP contribution < -0.4 is 15.4 Å². The summed E-state index contributed by atoms with van der Waals surface area (Å²) >= 11 is 0. The predicted octanol–water partition coefficient (Wildman–Crippen LogP) is 2.87. The fourth-order valence-corrected chi connectivity index (χ4v) is 4.19. The first-order valence-corrected chi connectivity index (χ1v) is 12.4.